The van der Waals surface area contributed by atoms with E-state index >= 15 is 0 Å². The second-order valence-electron chi connectivity index (χ2n) is 11.5. The lowest BCUT2D eigenvalue weighted by Crippen LogP contribution is -2.59. The lowest BCUT2D eigenvalue weighted by molar-refractivity contribution is -0.193. The van der Waals surface area contributed by atoms with Crippen molar-refractivity contribution >= 4 is 42.6 Å². The van der Waals surface area contributed by atoms with Crippen molar-refractivity contribution in [1.82, 2.24) is 4.57 Å². The normalized spacial score (nSPS) is 12.7. The maximum absolute atomic E-state index is 13.7. The molecule has 42 heavy (non-hydrogen) atoms. The van der Waals surface area contributed by atoms with Crippen LogP contribution in [0.4, 0.5) is 10.1 Å². The van der Waals surface area contributed by atoms with Gasteiger partial charge in [-0.3, -0.25) is 18.7 Å². The Kier molecular flexibility index (Phi) is 9.59. The number of phosphoric ester groups is 1. The summed E-state index contributed by atoms with van der Waals surface area (Å²) >= 11 is 12.3. The molecule has 0 aliphatic carbocycles. The number of benzene rings is 2. The number of halogens is 3. The summed E-state index contributed by atoms with van der Waals surface area (Å²) in [6, 6.07) is 8.62. The van der Waals surface area contributed by atoms with Gasteiger partial charge in [0.25, 0.3) is 11.5 Å². The van der Waals surface area contributed by atoms with Crippen LogP contribution in [-0.2, 0) is 14.8 Å². The summed E-state index contributed by atoms with van der Waals surface area (Å²) in [5.74, 6) is -1.16. The van der Waals surface area contributed by atoms with Gasteiger partial charge in [0.15, 0.2) is 17.2 Å². The van der Waals surface area contributed by atoms with Gasteiger partial charge in [0.2, 0.25) is 0 Å². The number of phosphoric acid groups is 1. The second kappa shape index (κ2) is 12.0. The molecule has 10 nitrogen and oxygen atoms in total. The van der Waals surface area contributed by atoms with E-state index in [2.05, 4.69) is 5.32 Å². The Morgan fingerprint density at radius 3 is 2.05 bits per heavy atom. The van der Waals surface area contributed by atoms with Gasteiger partial charge >= 0.3 is 7.82 Å². The average molecular weight is 645 g/mol. The van der Waals surface area contributed by atoms with E-state index in [4.69, 9.17) is 37.2 Å². The number of amides is 1. The Balaban J connectivity index is 2.06. The molecule has 3 rings (SSSR count). The molecule has 1 amide bonds. The van der Waals surface area contributed by atoms with Crippen LogP contribution in [0.1, 0.15) is 51.9 Å². The molecule has 0 bridgehead atoms. The van der Waals surface area contributed by atoms with Gasteiger partial charge in [-0.05, 0) is 24.3 Å². The molecule has 2 aromatic carbocycles. The number of anilines is 1. The van der Waals surface area contributed by atoms with Crippen LogP contribution in [-0.4, -0.2) is 27.4 Å². The largest absolute Gasteiger partial charge is 0.493 e. The van der Waals surface area contributed by atoms with Gasteiger partial charge in [-0.15, -0.1) is 0 Å². The summed E-state index contributed by atoms with van der Waals surface area (Å²) in [7, 11) is -3.76. The van der Waals surface area contributed by atoms with Crippen molar-refractivity contribution in [3.8, 4) is 17.2 Å². The van der Waals surface area contributed by atoms with E-state index < -0.39 is 41.7 Å². The van der Waals surface area contributed by atoms with Crippen molar-refractivity contribution in [2.75, 3.05) is 12.4 Å². The fourth-order valence-corrected chi connectivity index (χ4v) is 6.28. The van der Waals surface area contributed by atoms with Crippen molar-refractivity contribution in [3.05, 3.63) is 80.4 Å². The molecule has 0 aliphatic rings. The van der Waals surface area contributed by atoms with Gasteiger partial charge in [0.05, 0.1) is 22.7 Å². The highest BCUT2D eigenvalue weighted by Gasteiger charge is 2.57. The number of aromatic nitrogens is 1. The van der Waals surface area contributed by atoms with Crippen molar-refractivity contribution in [3.63, 3.8) is 0 Å². The maximum Gasteiger partial charge on any atom is 0.471 e. The zero-order valence-corrected chi connectivity index (χ0v) is 26.4. The number of nitrogens with zero attached hydrogens (tertiary/aromatic N) is 1. The Morgan fingerprint density at radius 1 is 0.929 bits per heavy atom. The van der Waals surface area contributed by atoms with Crippen molar-refractivity contribution in [2.24, 2.45) is 10.8 Å². The van der Waals surface area contributed by atoms with Crippen molar-refractivity contribution in [2.45, 2.75) is 47.3 Å². The third-order valence-corrected chi connectivity index (χ3v) is 7.64. The summed E-state index contributed by atoms with van der Waals surface area (Å²) < 4.78 is 43.3. The predicted octanol–water partition coefficient (Wildman–Crippen LogP) is 7.20. The minimum atomic E-state index is -5.09. The first-order valence-corrected chi connectivity index (χ1v) is 14.8. The predicted molar refractivity (Wildman–Crippen MR) is 158 cm³/mol. The lowest BCUT2D eigenvalue weighted by atomic mass is 9.68. The molecule has 3 N–H and O–H groups in total. The molecule has 0 fully saturated rings. The topological polar surface area (TPSA) is 136 Å². The molecular weight excluding hydrogens is 613 g/mol. The van der Waals surface area contributed by atoms with E-state index in [1.165, 1.54) is 37.6 Å². The van der Waals surface area contributed by atoms with E-state index in [-0.39, 0.29) is 38.5 Å². The van der Waals surface area contributed by atoms with Gasteiger partial charge in [-0.2, -0.15) is 0 Å². The van der Waals surface area contributed by atoms with Gasteiger partial charge in [0.1, 0.15) is 11.6 Å². The van der Waals surface area contributed by atoms with Gasteiger partial charge in [-0.1, -0.05) is 64.7 Å². The Bertz CT molecular complexity index is 1590. The first kappa shape index (κ1) is 33.6. The molecule has 1 aromatic heterocycles. The highest BCUT2D eigenvalue weighted by Crippen LogP contribution is 2.57. The molecule has 14 heteroatoms. The molecule has 0 radical (unpaired) electrons. The molecular formula is C28H32Cl2FN2O8P. The smallest absolute Gasteiger partial charge is 0.471 e. The number of hydrogen-bond donors (Lipinski definition) is 3. The maximum atomic E-state index is 13.7. The summed E-state index contributed by atoms with van der Waals surface area (Å²) in [6.07, 6.45) is 1.29. The van der Waals surface area contributed by atoms with Crippen LogP contribution in [0.5, 0.6) is 17.2 Å². The number of nitrogens with one attached hydrogen (secondary N) is 1. The molecule has 228 valence electrons. The number of carbonyl (C=O) groups is 1. The minimum absolute atomic E-state index is 0.0327. The molecule has 0 saturated carbocycles. The number of ether oxygens (including phenoxy) is 2. The standard InChI is InChI=1S/C28H32Cl2FN2O8P/c1-26(2,3)28(27(4,5)6,41-42(36,37)38)33-11-10-17(13-24(33)34)32-25(35)18-14-19(29)20(30)15-22(18)40-21-9-8-16(31)12-23(21)39-7/h8-15H,1-7H3,(H,32,35)(H2,36,37,38). The minimum Gasteiger partial charge on any atom is -0.493 e. The van der Waals surface area contributed by atoms with Gasteiger partial charge in [0, 0.05) is 40.9 Å². The van der Waals surface area contributed by atoms with Crippen LogP contribution in [0.3, 0.4) is 0 Å². The summed E-state index contributed by atoms with van der Waals surface area (Å²) in [5.41, 5.74) is -4.50. The highest BCUT2D eigenvalue weighted by atomic mass is 35.5. The number of carbonyl (C=O) groups excluding carboxylic acids is 1. The number of rotatable bonds is 8. The van der Waals surface area contributed by atoms with Crippen LogP contribution >= 0.6 is 31.0 Å². The van der Waals surface area contributed by atoms with Gasteiger partial charge < -0.3 is 24.6 Å². The van der Waals surface area contributed by atoms with E-state index in [0.717, 1.165) is 22.8 Å². The molecule has 1 heterocycles. The Labute approximate surface area is 252 Å². The Morgan fingerprint density at radius 2 is 1.52 bits per heavy atom. The quantitative estimate of drug-likeness (QED) is 0.219. The van der Waals surface area contributed by atoms with Crippen LogP contribution < -0.4 is 20.3 Å². The Hall–Kier alpha value is -2.92. The third-order valence-electron chi connectivity index (χ3n) is 6.41. The zero-order chi connectivity index (χ0) is 31.8. The average Bonchev–Trinajstić information content (AvgIpc) is 2.84. The second-order valence-corrected chi connectivity index (χ2v) is 13.4. The van der Waals surface area contributed by atoms with Gasteiger partial charge in [-0.25, -0.2) is 8.96 Å². The van der Waals surface area contributed by atoms with Crippen molar-refractivity contribution in [1.29, 1.82) is 0 Å². The molecule has 0 atom stereocenters. The highest BCUT2D eigenvalue weighted by molar-refractivity contribution is 7.46. The summed E-state index contributed by atoms with van der Waals surface area (Å²) in [4.78, 5) is 46.5. The summed E-state index contributed by atoms with van der Waals surface area (Å²) in [6.45, 7) is 10.2. The van der Waals surface area contributed by atoms with Crippen LogP contribution in [0.25, 0.3) is 0 Å². The number of pyridine rings is 1. The molecule has 0 aliphatic heterocycles. The van der Waals surface area contributed by atoms with Crippen LogP contribution in [0.2, 0.25) is 10.0 Å². The van der Waals surface area contributed by atoms with E-state index in [9.17, 15) is 28.3 Å². The van der Waals surface area contributed by atoms with Crippen LogP contribution in [0.15, 0.2) is 53.5 Å². The number of hydrogen-bond acceptors (Lipinski definition) is 6. The first-order chi connectivity index (χ1) is 19.2. The fraction of sp³-hybridized carbons (Fsp3) is 0.357. The molecule has 3 aromatic rings. The monoisotopic (exact) mass is 644 g/mol. The van der Waals surface area contributed by atoms with E-state index in [1.54, 1.807) is 41.5 Å². The zero-order valence-electron chi connectivity index (χ0n) is 24.0. The third kappa shape index (κ3) is 6.99. The molecule has 0 spiro atoms. The number of methoxy groups -OCH3 is 1. The van der Waals surface area contributed by atoms with E-state index in [0.29, 0.717) is 0 Å². The SMILES string of the molecule is COc1cc(F)ccc1Oc1cc(Cl)c(Cl)cc1C(=O)Nc1ccn(C(OP(=O)(O)O)(C(C)(C)C)C(C)(C)C)c(=O)c1. The first-order valence-electron chi connectivity index (χ1n) is 12.5. The fourth-order valence-electron chi connectivity index (χ4n) is 4.99. The molecule has 0 saturated heterocycles. The summed E-state index contributed by atoms with van der Waals surface area (Å²) in [5, 5.41) is 2.72. The van der Waals surface area contributed by atoms with Crippen LogP contribution in [0, 0.1) is 16.6 Å². The molecule has 0 unspecified atom stereocenters. The van der Waals surface area contributed by atoms with E-state index in [1.807, 2.05) is 0 Å². The lowest BCUT2D eigenvalue weighted by Gasteiger charge is -2.53. The van der Waals surface area contributed by atoms with Crippen molar-refractivity contribution < 1.29 is 37.5 Å².